The summed E-state index contributed by atoms with van der Waals surface area (Å²) in [5, 5.41) is 3.19. The summed E-state index contributed by atoms with van der Waals surface area (Å²) in [7, 11) is 0. The molecular formula is C25H33N3O. The van der Waals surface area contributed by atoms with Gasteiger partial charge in [-0.2, -0.15) is 0 Å². The molecule has 1 amide bonds. The van der Waals surface area contributed by atoms with Crippen LogP contribution in [-0.4, -0.2) is 43.5 Å². The van der Waals surface area contributed by atoms with Crippen LogP contribution in [0.5, 0.6) is 0 Å². The number of para-hydroxylation sites is 1. The second-order valence-corrected chi connectivity index (χ2v) is 8.55. The van der Waals surface area contributed by atoms with Crippen molar-refractivity contribution in [1.82, 2.24) is 10.2 Å². The molecule has 4 nitrogen and oxygen atoms in total. The highest BCUT2D eigenvalue weighted by molar-refractivity contribution is 5.78. The molecule has 0 aromatic heterocycles. The molecule has 4 heteroatoms. The Hall–Kier alpha value is -2.33. The summed E-state index contributed by atoms with van der Waals surface area (Å²) in [5.41, 5.74) is 5.51. The van der Waals surface area contributed by atoms with E-state index in [0.717, 1.165) is 65.0 Å². The molecule has 0 spiro atoms. The number of likely N-dealkylation sites (tertiary alicyclic amines) is 1. The van der Waals surface area contributed by atoms with E-state index in [0.29, 0.717) is 0 Å². The van der Waals surface area contributed by atoms with Gasteiger partial charge in [0.2, 0.25) is 5.91 Å². The normalized spacial score (nSPS) is 17.3. The Labute approximate surface area is 174 Å². The number of nitrogens with one attached hydrogen (secondary N) is 1. The second kappa shape index (κ2) is 9.45. The van der Waals surface area contributed by atoms with Gasteiger partial charge in [0.1, 0.15) is 0 Å². The lowest BCUT2D eigenvalue weighted by Gasteiger charge is -2.31. The predicted molar refractivity (Wildman–Crippen MR) is 119 cm³/mol. The molecule has 0 radical (unpaired) electrons. The lowest BCUT2D eigenvalue weighted by Crippen LogP contribution is -2.40. The van der Waals surface area contributed by atoms with Crippen LogP contribution < -0.4 is 10.2 Å². The van der Waals surface area contributed by atoms with E-state index < -0.39 is 0 Å². The number of piperidine rings is 1. The van der Waals surface area contributed by atoms with Crippen LogP contribution in [0.2, 0.25) is 0 Å². The maximum absolute atomic E-state index is 12.6. The Balaban J connectivity index is 1.14. The first-order valence-corrected chi connectivity index (χ1v) is 11.1. The third-order valence-electron chi connectivity index (χ3n) is 6.33. The van der Waals surface area contributed by atoms with E-state index in [9.17, 15) is 4.79 Å². The Kier molecular flexibility index (Phi) is 6.50. The van der Waals surface area contributed by atoms with Gasteiger partial charge < -0.3 is 10.2 Å². The summed E-state index contributed by atoms with van der Waals surface area (Å²) < 4.78 is 0. The van der Waals surface area contributed by atoms with Crippen molar-refractivity contribution in [2.24, 2.45) is 5.92 Å². The zero-order valence-electron chi connectivity index (χ0n) is 17.6. The van der Waals surface area contributed by atoms with Crippen molar-refractivity contribution in [1.29, 1.82) is 0 Å². The van der Waals surface area contributed by atoms with Crippen molar-refractivity contribution < 1.29 is 4.79 Å². The first kappa shape index (κ1) is 20.0. The average molecular weight is 392 g/mol. The highest BCUT2D eigenvalue weighted by Crippen LogP contribution is 2.27. The van der Waals surface area contributed by atoms with Crippen LogP contribution in [0, 0.1) is 12.8 Å². The van der Waals surface area contributed by atoms with Crippen LogP contribution in [-0.2, 0) is 17.8 Å². The van der Waals surface area contributed by atoms with Gasteiger partial charge in [0.15, 0.2) is 0 Å². The zero-order chi connectivity index (χ0) is 20.1. The molecule has 2 heterocycles. The fraction of sp³-hybridized carbons (Fsp3) is 0.480. The van der Waals surface area contributed by atoms with Gasteiger partial charge in [-0.25, -0.2) is 0 Å². The molecule has 2 aromatic carbocycles. The third-order valence-corrected chi connectivity index (χ3v) is 6.33. The minimum atomic E-state index is 0.177. The van der Waals surface area contributed by atoms with Gasteiger partial charge in [-0.15, -0.1) is 0 Å². The van der Waals surface area contributed by atoms with Crippen molar-refractivity contribution in [2.45, 2.75) is 39.2 Å². The number of benzene rings is 2. The maximum Gasteiger partial charge on any atom is 0.223 e. The van der Waals surface area contributed by atoms with Crippen LogP contribution >= 0.6 is 0 Å². The molecule has 1 fully saturated rings. The maximum atomic E-state index is 12.6. The largest absolute Gasteiger partial charge is 0.371 e. The topological polar surface area (TPSA) is 35.6 Å². The molecule has 0 atom stereocenters. The molecule has 0 aliphatic carbocycles. The summed E-state index contributed by atoms with van der Waals surface area (Å²) in [5.74, 6) is 0.429. The fourth-order valence-electron chi connectivity index (χ4n) is 4.69. The standard InChI is InChI=1S/C25H33N3O/c1-20-6-4-7-21(18-20)19-27-15-10-23(11-16-27)25(29)26-13-5-14-28-17-12-22-8-2-3-9-24(22)28/h2-4,6-9,18,23H,5,10-17,19H2,1H3,(H,26,29). The van der Waals surface area contributed by atoms with Crippen molar-refractivity contribution in [2.75, 3.05) is 37.6 Å². The monoisotopic (exact) mass is 391 g/mol. The van der Waals surface area contributed by atoms with E-state index in [1.807, 2.05) is 0 Å². The van der Waals surface area contributed by atoms with Gasteiger partial charge in [-0.05, 0) is 62.9 Å². The number of aryl methyl sites for hydroxylation is 1. The predicted octanol–water partition coefficient (Wildman–Crippen LogP) is 3.78. The molecule has 0 bridgehead atoms. The molecule has 0 unspecified atom stereocenters. The Bertz CT molecular complexity index is 826. The second-order valence-electron chi connectivity index (χ2n) is 8.55. The lowest BCUT2D eigenvalue weighted by molar-refractivity contribution is -0.126. The number of carbonyl (C=O) groups excluding carboxylic acids is 1. The minimum Gasteiger partial charge on any atom is -0.371 e. The summed E-state index contributed by atoms with van der Waals surface area (Å²) in [6.45, 7) is 8.06. The van der Waals surface area contributed by atoms with Gasteiger partial charge >= 0.3 is 0 Å². The molecule has 0 saturated carbocycles. The third kappa shape index (κ3) is 5.18. The van der Waals surface area contributed by atoms with Gasteiger partial charge in [-0.1, -0.05) is 48.0 Å². The van der Waals surface area contributed by atoms with Crippen molar-refractivity contribution in [3.63, 3.8) is 0 Å². The summed E-state index contributed by atoms with van der Waals surface area (Å²) in [4.78, 5) is 17.5. The zero-order valence-corrected chi connectivity index (χ0v) is 17.6. The number of rotatable bonds is 7. The molecule has 1 N–H and O–H groups in total. The first-order chi connectivity index (χ1) is 14.2. The number of carbonyl (C=O) groups is 1. The van der Waals surface area contributed by atoms with Crippen molar-refractivity contribution in [3.05, 3.63) is 65.2 Å². The van der Waals surface area contributed by atoms with Crippen LogP contribution in [0.15, 0.2) is 48.5 Å². The highest BCUT2D eigenvalue weighted by Gasteiger charge is 2.25. The average Bonchev–Trinajstić information content (AvgIpc) is 3.15. The molecule has 2 aliphatic rings. The molecule has 4 rings (SSSR count). The van der Waals surface area contributed by atoms with E-state index in [1.165, 1.54) is 22.4 Å². The SMILES string of the molecule is Cc1cccc(CN2CCC(C(=O)NCCCN3CCc4ccccc43)CC2)c1. The molecule has 2 aromatic rings. The number of hydrogen-bond donors (Lipinski definition) is 1. The Morgan fingerprint density at radius 3 is 2.72 bits per heavy atom. The number of hydrogen-bond acceptors (Lipinski definition) is 3. The Morgan fingerprint density at radius 2 is 1.90 bits per heavy atom. The van der Waals surface area contributed by atoms with Crippen LogP contribution in [0.3, 0.4) is 0 Å². The van der Waals surface area contributed by atoms with E-state index in [-0.39, 0.29) is 11.8 Å². The summed E-state index contributed by atoms with van der Waals surface area (Å²) in [6.07, 6.45) is 4.09. The summed E-state index contributed by atoms with van der Waals surface area (Å²) >= 11 is 0. The fourth-order valence-corrected chi connectivity index (χ4v) is 4.69. The molecule has 154 valence electrons. The number of amides is 1. The smallest absolute Gasteiger partial charge is 0.223 e. The van der Waals surface area contributed by atoms with E-state index >= 15 is 0 Å². The lowest BCUT2D eigenvalue weighted by atomic mass is 9.95. The van der Waals surface area contributed by atoms with Crippen LogP contribution in [0.1, 0.15) is 36.0 Å². The van der Waals surface area contributed by atoms with E-state index in [1.54, 1.807) is 0 Å². The number of fused-ring (bicyclic) bond motifs is 1. The van der Waals surface area contributed by atoms with Crippen LogP contribution in [0.4, 0.5) is 5.69 Å². The van der Waals surface area contributed by atoms with Gasteiger partial charge in [-0.3, -0.25) is 9.69 Å². The van der Waals surface area contributed by atoms with E-state index in [4.69, 9.17) is 0 Å². The van der Waals surface area contributed by atoms with Crippen LogP contribution in [0.25, 0.3) is 0 Å². The molecule has 29 heavy (non-hydrogen) atoms. The van der Waals surface area contributed by atoms with Gasteiger partial charge in [0.05, 0.1) is 0 Å². The molecular weight excluding hydrogens is 358 g/mol. The summed E-state index contributed by atoms with van der Waals surface area (Å²) in [6, 6.07) is 17.4. The first-order valence-electron chi connectivity index (χ1n) is 11.1. The minimum absolute atomic E-state index is 0.177. The molecule has 1 saturated heterocycles. The Morgan fingerprint density at radius 1 is 1.07 bits per heavy atom. The number of anilines is 1. The van der Waals surface area contributed by atoms with Gasteiger partial charge in [0, 0.05) is 37.8 Å². The van der Waals surface area contributed by atoms with Gasteiger partial charge in [0.25, 0.3) is 0 Å². The van der Waals surface area contributed by atoms with Crippen molar-refractivity contribution >= 4 is 11.6 Å². The number of nitrogens with zero attached hydrogens (tertiary/aromatic N) is 2. The highest BCUT2D eigenvalue weighted by atomic mass is 16.1. The quantitative estimate of drug-likeness (QED) is 0.730. The van der Waals surface area contributed by atoms with E-state index in [2.05, 4.69) is 70.6 Å². The van der Waals surface area contributed by atoms with Crippen molar-refractivity contribution in [3.8, 4) is 0 Å². The molecule has 2 aliphatic heterocycles.